The highest BCUT2D eigenvalue weighted by Crippen LogP contribution is 2.69. The summed E-state index contributed by atoms with van der Waals surface area (Å²) in [4.78, 5) is 60.9. The van der Waals surface area contributed by atoms with Gasteiger partial charge in [0.15, 0.2) is 0 Å². The molecule has 11 heteroatoms. The second-order valence-corrected chi connectivity index (χ2v) is 11.6. The second-order valence-electron chi connectivity index (χ2n) is 11.6. The Kier molecular flexibility index (Phi) is 7.86. The lowest BCUT2D eigenvalue weighted by molar-refractivity contribution is -0.259. The molecule has 1 unspecified atom stereocenters. The summed E-state index contributed by atoms with van der Waals surface area (Å²) in [5.41, 5.74) is -1.98. The molecule has 2 aliphatic heterocycles. The van der Waals surface area contributed by atoms with Crippen molar-refractivity contribution in [2.24, 2.45) is 22.7 Å². The van der Waals surface area contributed by atoms with E-state index in [2.05, 4.69) is 0 Å². The number of cyclic esters (lactones) is 1. The van der Waals surface area contributed by atoms with Gasteiger partial charge in [-0.1, -0.05) is 13.8 Å². The first-order valence-electron chi connectivity index (χ1n) is 13.4. The molecular weight excluding hydrogens is 512 g/mol. The van der Waals surface area contributed by atoms with Crippen molar-refractivity contribution >= 4 is 29.8 Å². The van der Waals surface area contributed by atoms with Gasteiger partial charge in [0.1, 0.15) is 37.1 Å². The SMILES string of the molecule is CC(=O)OC[C@@]12[C@@H](OC(C)=O)C[C@@H](C)[C@](C)(C[C@@H](OC(C)=O)C3=CC(=O)OC3)[C@H]1C(OC(C)=O)CC[C@]21CO1. The van der Waals surface area contributed by atoms with Crippen molar-refractivity contribution < 1.29 is 52.4 Å². The number of hydrogen-bond acceptors (Lipinski definition) is 11. The van der Waals surface area contributed by atoms with Gasteiger partial charge in [0.2, 0.25) is 0 Å². The van der Waals surface area contributed by atoms with Crippen LogP contribution in [0.1, 0.15) is 67.2 Å². The molecule has 0 aromatic heterocycles. The van der Waals surface area contributed by atoms with Gasteiger partial charge in [-0.25, -0.2) is 4.79 Å². The summed E-state index contributed by atoms with van der Waals surface area (Å²) >= 11 is 0. The van der Waals surface area contributed by atoms with Crippen LogP contribution >= 0.6 is 0 Å². The van der Waals surface area contributed by atoms with Crippen molar-refractivity contribution in [3.63, 3.8) is 0 Å². The highest BCUT2D eigenvalue weighted by atomic mass is 16.6. The monoisotopic (exact) mass is 550 g/mol. The lowest BCUT2D eigenvalue weighted by Gasteiger charge is -2.64. The normalized spacial score (nSPS) is 37.6. The zero-order chi connectivity index (χ0) is 28.8. The van der Waals surface area contributed by atoms with Gasteiger partial charge in [-0.2, -0.15) is 0 Å². The van der Waals surface area contributed by atoms with Crippen LogP contribution in [0, 0.1) is 22.7 Å². The number of hydrogen-bond donors (Lipinski definition) is 0. The maximum atomic E-state index is 12.4. The number of carbonyl (C=O) groups excluding carboxylic acids is 5. The van der Waals surface area contributed by atoms with Gasteiger partial charge >= 0.3 is 29.8 Å². The Morgan fingerprint density at radius 1 is 1.05 bits per heavy atom. The Bertz CT molecular complexity index is 1080. The molecule has 0 amide bonds. The number of rotatable bonds is 8. The first-order valence-corrected chi connectivity index (χ1v) is 13.4. The van der Waals surface area contributed by atoms with E-state index < -0.39 is 70.5 Å². The number of ether oxygens (including phenoxy) is 6. The molecule has 3 fully saturated rings. The van der Waals surface area contributed by atoms with E-state index in [1.807, 2.05) is 13.8 Å². The highest BCUT2D eigenvalue weighted by molar-refractivity contribution is 5.85. The van der Waals surface area contributed by atoms with Gasteiger partial charge in [0.05, 0.1) is 12.0 Å². The summed E-state index contributed by atoms with van der Waals surface area (Å²) in [7, 11) is 0. The molecule has 39 heavy (non-hydrogen) atoms. The molecule has 11 nitrogen and oxygen atoms in total. The van der Waals surface area contributed by atoms with Gasteiger partial charge in [-0.3, -0.25) is 19.2 Å². The lowest BCUT2D eigenvalue weighted by Crippen LogP contribution is -2.71. The second kappa shape index (κ2) is 10.6. The largest absolute Gasteiger partial charge is 0.465 e. The van der Waals surface area contributed by atoms with Crippen molar-refractivity contribution in [3.05, 3.63) is 11.6 Å². The van der Waals surface area contributed by atoms with Crippen LogP contribution in [0.25, 0.3) is 0 Å². The van der Waals surface area contributed by atoms with E-state index in [0.29, 0.717) is 31.4 Å². The molecule has 1 spiro atoms. The predicted molar refractivity (Wildman–Crippen MR) is 133 cm³/mol. The van der Waals surface area contributed by atoms with E-state index in [-0.39, 0.29) is 25.6 Å². The van der Waals surface area contributed by atoms with Crippen LogP contribution in [0.2, 0.25) is 0 Å². The summed E-state index contributed by atoms with van der Waals surface area (Å²) in [5.74, 6) is -3.13. The molecule has 4 aliphatic rings. The van der Waals surface area contributed by atoms with Crippen molar-refractivity contribution in [2.75, 3.05) is 19.8 Å². The third kappa shape index (κ3) is 5.29. The molecule has 2 heterocycles. The van der Waals surface area contributed by atoms with Crippen LogP contribution in [-0.2, 0) is 52.4 Å². The maximum absolute atomic E-state index is 12.4. The molecule has 0 N–H and O–H groups in total. The van der Waals surface area contributed by atoms with Gasteiger partial charge in [-0.15, -0.1) is 0 Å². The van der Waals surface area contributed by atoms with E-state index in [4.69, 9.17) is 28.4 Å². The van der Waals surface area contributed by atoms with Crippen LogP contribution < -0.4 is 0 Å². The summed E-state index contributed by atoms with van der Waals surface area (Å²) in [6, 6.07) is 0. The highest BCUT2D eigenvalue weighted by Gasteiger charge is 2.77. The Hall–Kier alpha value is -2.95. The van der Waals surface area contributed by atoms with Gasteiger partial charge in [-0.05, 0) is 37.0 Å². The van der Waals surface area contributed by atoms with Crippen molar-refractivity contribution in [1.82, 2.24) is 0 Å². The topological polar surface area (TPSA) is 144 Å². The Morgan fingerprint density at radius 3 is 2.23 bits per heavy atom. The summed E-state index contributed by atoms with van der Waals surface area (Å²) in [6.45, 7) is 9.60. The molecule has 0 bridgehead atoms. The quantitative estimate of drug-likeness (QED) is 0.250. The minimum absolute atomic E-state index is 0.000986. The fourth-order valence-corrected chi connectivity index (χ4v) is 7.48. The molecule has 1 saturated heterocycles. The van der Waals surface area contributed by atoms with Crippen LogP contribution in [0.5, 0.6) is 0 Å². The number of esters is 5. The summed E-state index contributed by atoms with van der Waals surface area (Å²) < 4.78 is 34.6. The van der Waals surface area contributed by atoms with E-state index in [0.717, 1.165) is 0 Å². The predicted octanol–water partition coefficient (Wildman–Crippen LogP) is 2.43. The average molecular weight is 551 g/mol. The van der Waals surface area contributed by atoms with Crippen molar-refractivity contribution in [3.8, 4) is 0 Å². The average Bonchev–Trinajstić information content (AvgIpc) is 3.47. The molecule has 4 rings (SSSR count). The fourth-order valence-electron chi connectivity index (χ4n) is 7.48. The van der Waals surface area contributed by atoms with E-state index in [9.17, 15) is 24.0 Å². The zero-order valence-electron chi connectivity index (χ0n) is 23.4. The minimum Gasteiger partial charge on any atom is -0.465 e. The zero-order valence-corrected chi connectivity index (χ0v) is 23.4. The molecule has 0 aromatic carbocycles. The Labute approximate surface area is 227 Å². The summed E-state index contributed by atoms with van der Waals surface area (Å²) in [5, 5.41) is 0. The van der Waals surface area contributed by atoms with Crippen LogP contribution in [-0.4, -0.2) is 73.6 Å². The van der Waals surface area contributed by atoms with Gasteiger partial charge in [0.25, 0.3) is 0 Å². The van der Waals surface area contributed by atoms with Gasteiger partial charge < -0.3 is 28.4 Å². The molecule has 2 aliphatic carbocycles. The first kappa shape index (κ1) is 29.0. The van der Waals surface area contributed by atoms with Crippen molar-refractivity contribution in [1.29, 1.82) is 0 Å². The van der Waals surface area contributed by atoms with Crippen LogP contribution in [0.3, 0.4) is 0 Å². The number of fused-ring (bicyclic) bond motifs is 2. The number of carbonyl (C=O) groups is 5. The van der Waals surface area contributed by atoms with Crippen LogP contribution in [0.15, 0.2) is 11.6 Å². The molecule has 2 saturated carbocycles. The lowest BCUT2D eigenvalue weighted by atomic mass is 9.42. The van der Waals surface area contributed by atoms with E-state index >= 15 is 0 Å². The third-order valence-corrected chi connectivity index (χ3v) is 9.25. The Morgan fingerprint density at radius 2 is 1.72 bits per heavy atom. The standard InChI is InChI=1S/C28H38O11/c1-15-9-23(39-19(5)32)28(14-35-16(2)29)25(21(37-17(3)30)7-8-27(28)13-36-27)26(15,6)11-22(38-18(4)31)20-10-24(33)34-12-20/h10,15,21-23,25H,7-9,11-14H2,1-6H3/t15-,21?,22-,23+,25-,26+,27+,28-/m1/s1. The maximum Gasteiger partial charge on any atom is 0.331 e. The van der Waals surface area contributed by atoms with Crippen molar-refractivity contribution in [2.45, 2.75) is 91.1 Å². The van der Waals surface area contributed by atoms with Crippen LogP contribution in [0.4, 0.5) is 0 Å². The molecule has 8 atom stereocenters. The van der Waals surface area contributed by atoms with E-state index in [1.165, 1.54) is 33.8 Å². The minimum atomic E-state index is -1.04. The summed E-state index contributed by atoms with van der Waals surface area (Å²) in [6.07, 6.45) is 0.937. The first-order chi connectivity index (χ1) is 18.2. The molecular formula is C28H38O11. The molecule has 0 aromatic rings. The molecule has 216 valence electrons. The smallest absolute Gasteiger partial charge is 0.331 e. The van der Waals surface area contributed by atoms with Gasteiger partial charge in [0, 0.05) is 45.3 Å². The molecule has 0 radical (unpaired) electrons. The van der Waals surface area contributed by atoms with E-state index in [1.54, 1.807) is 0 Å². The third-order valence-electron chi connectivity index (χ3n) is 9.25. The Balaban J connectivity index is 1.88. The fraction of sp³-hybridized carbons (Fsp3) is 0.750. The number of epoxide rings is 1.